The maximum Gasteiger partial charge on any atom is 0.125 e. The number of nitrogens with two attached hydrogens (primary N) is 1. The highest BCUT2D eigenvalue weighted by Crippen LogP contribution is 2.28. The zero-order valence-corrected chi connectivity index (χ0v) is 16.6. The second-order valence-corrected chi connectivity index (χ2v) is 7.66. The fraction of sp³-hybridized carbons (Fsp3) is 0.368. The van der Waals surface area contributed by atoms with Crippen LogP contribution in [0.15, 0.2) is 40.9 Å². The van der Waals surface area contributed by atoms with Gasteiger partial charge in [-0.2, -0.15) is 0 Å². The molecule has 0 spiro atoms. The Balaban J connectivity index is 1.81. The normalized spacial score (nSPS) is 16.2. The minimum Gasteiger partial charge on any atom is -0.496 e. The summed E-state index contributed by atoms with van der Waals surface area (Å²) in [4.78, 5) is 0. The fourth-order valence-electron chi connectivity index (χ4n) is 3.31. The Hall–Kier alpha value is -1.11. The van der Waals surface area contributed by atoms with Crippen molar-refractivity contribution in [3.63, 3.8) is 0 Å². The van der Waals surface area contributed by atoms with Crippen molar-refractivity contribution in [2.24, 2.45) is 5.73 Å². The van der Waals surface area contributed by atoms with Crippen LogP contribution in [0.1, 0.15) is 16.7 Å². The molecule has 0 amide bonds. The number of methoxy groups -OCH3 is 1. The van der Waals surface area contributed by atoms with Crippen molar-refractivity contribution in [1.82, 2.24) is 10.6 Å². The summed E-state index contributed by atoms with van der Waals surface area (Å²) in [7, 11) is 1.70. The first-order chi connectivity index (χ1) is 12.0. The van der Waals surface area contributed by atoms with Crippen LogP contribution in [0.25, 0.3) is 0 Å². The van der Waals surface area contributed by atoms with E-state index >= 15 is 0 Å². The van der Waals surface area contributed by atoms with E-state index in [1.807, 2.05) is 24.3 Å². The first-order valence-electron chi connectivity index (χ1n) is 8.38. The topological polar surface area (TPSA) is 59.3 Å². The molecule has 0 aliphatic carbocycles. The van der Waals surface area contributed by atoms with E-state index in [2.05, 4.69) is 38.7 Å². The predicted molar refractivity (Wildman–Crippen MR) is 106 cm³/mol. The molecule has 1 fully saturated rings. The van der Waals surface area contributed by atoms with Gasteiger partial charge in [-0.15, -0.1) is 0 Å². The van der Waals surface area contributed by atoms with Gasteiger partial charge >= 0.3 is 0 Å². The van der Waals surface area contributed by atoms with Gasteiger partial charge in [-0.3, -0.25) is 10.6 Å². The van der Waals surface area contributed by atoms with Gasteiger partial charge in [-0.05, 0) is 53.8 Å². The summed E-state index contributed by atoms with van der Waals surface area (Å²) in [6.45, 7) is 1.75. The van der Waals surface area contributed by atoms with Crippen molar-refractivity contribution >= 4 is 27.5 Å². The summed E-state index contributed by atoms with van der Waals surface area (Å²) >= 11 is 10.0. The molecule has 2 aromatic carbocycles. The highest BCUT2D eigenvalue weighted by molar-refractivity contribution is 9.10. The van der Waals surface area contributed by atoms with Crippen molar-refractivity contribution in [2.75, 3.05) is 20.2 Å². The van der Waals surface area contributed by atoms with Crippen LogP contribution in [0.4, 0.5) is 0 Å². The first-order valence-corrected chi connectivity index (χ1v) is 9.55. The van der Waals surface area contributed by atoms with Gasteiger partial charge in [0.2, 0.25) is 0 Å². The fourth-order valence-corrected chi connectivity index (χ4v) is 4.01. The molecule has 3 rings (SSSR count). The number of hydrogen-bond donors (Lipinski definition) is 3. The minimum absolute atomic E-state index is 0.563. The van der Waals surface area contributed by atoms with Gasteiger partial charge in [0, 0.05) is 29.0 Å². The van der Waals surface area contributed by atoms with E-state index in [-0.39, 0.29) is 0 Å². The summed E-state index contributed by atoms with van der Waals surface area (Å²) < 4.78 is 6.52. The van der Waals surface area contributed by atoms with E-state index in [0.717, 1.165) is 52.3 Å². The summed E-state index contributed by atoms with van der Waals surface area (Å²) in [6.07, 6.45) is 2.37. The quantitative estimate of drug-likeness (QED) is 0.666. The summed E-state index contributed by atoms with van der Waals surface area (Å²) in [5.74, 6) is 0.332. The maximum absolute atomic E-state index is 6.51. The maximum atomic E-state index is 6.51. The average molecular weight is 425 g/mol. The summed E-state index contributed by atoms with van der Waals surface area (Å²) in [5, 5.41) is 7.44. The third-order valence-electron chi connectivity index (χ3n) is 4.58. The molecule has 4 nitrogen and oxygen atoms in total. The van der Waals surface area contributed by atoms with E-state index < -0.39 is 5.79 Å². The summed E-state index contributed by atoms with van der Waals surface area (Å²) in [6, 6.07) is 12.1. The molecule has 1 aliphatic rings. The Bertz CT molecular complexity index is 747. The smallest absolute Gasteiger partial charge is 0.125 e. The van der Waals surface area contributed by atoms with E-state index in [1.165, 1.54) is 5.56 Å². The van der Waals surface area contributed by atoms with Crippen LogP contribution in [-0.2, 0) is 19.3 Å². The van der Waals surface area contributed by atoms with Crippen LogP contribution in [-0.4, -0.2) is 26.0 Å². The van der Waals surface area contributed by atoms with Crippen LogP contribution >= 0.6 is 27.5 Å². The standard InChI is InChI=1S/C19H23BrClN3O/c1-25-18-8-6-15(20)11-13(18)5-7-16-14(3-2-4-17(16)21)12-19(22)23-9-10-24-19/h2-4,6,8,11,23-24H,5,7,9-10,12,22H2,1H3. The van der Waals surface area contributed by atoms with Gasteiger partial charge in [-0.1, -0.05) is 39.7 Å². The zero-order valence-electron chi connectivity index (χ0n) is 14.2. The molecule has 0 bridgehead atoms. The zero-order chi connectivity index (χ0) is 17.9. The molecule has 25 heavy (non-hydrogen) atoms. The van der Waals surface area contributed by atoms with Gasteiger partial charge in [-0.25, -0.2) is 0 Å². The van der Waals surface area contributed by atoms with Crippen molar-refractivity contribution in [1.29, 1.82) is 0 Å². The van der Waals surface area contributed by atoms with Crippen molar-refractivity contribution in [2.45, 2.75) is 25.0 Å². The van der Waals surface area contributed by atoms with Crippen LogP contribution in [0.3, 0.4) is 0 Å². The molecule has 2 aromatic rings. The molecule has 0 saturated carbocycles. The third kappa shape index (κ3) is 4.54. The van der Waals surface area contributed by atoms with Gasteiger partial charge in [0.15, 0.2) is 0 Å². The van der Waals surface area contributed by atoms with Gasteiger partial charge < -0.3 is 10.5 Å². The molecule has 0 aromatic heterocycles. The Kier molecular flexibility index (Phi) is 6.02. The molecule has 1 heterocycles. The first kappa shape index (κ1) is 18.7. The van der Waals surface area contributed by atoms with Crippen molar-refractivity contribution in [3.8, 4) is 5.75 Å². The molecule has 0 radical (unpaired) electrons. The Morgan fingerprint density at radius 3 is 2.64 bits per heavy atom. The number of nitrogens with one attached hydrogen (secondary N) is 2. The van der Waals surface area contributed by atoms with Crippen LogP contribution in [0.2, 0.25) is 5.02 Å². The van der Waals surface area contributed by atoms with Crippen LogP contribution in [0.5, 0.6) is 5.75 Å². The summed E-state index contributed by atoms with van der Waals surface area (Å²) in [5.41, 5.74) is 9.86. The van der Waals surface area contributed by atoms with E-state index in [0.29, 0.717) is 6.42 Å². The van der Waals surface area contributed by atoms with E-state index in [9.17, 15) is 0 Å². The number of halogens is 2. The van der Waals surface area contributed by atoms with Gasteiger partial charge in [0.25, 0.3) is 0 Å². The lowest BCUT2D eigenvalue weighted by atomic mass is 9.95. The van der Waals surface area contributed by atoms with Gasteiger partial charge in [0.05, 0.1) is 7.11 Å². The number of hydrogen-bond acceptors (Lipinski definition) is 4. The van der Waals surface area contributed by atoms with Crippen molar-refractivity contribution in [3.05, 3.63) is 62.6 Å². The van der Waals surface area contributed by atoms with Crippen molar-refractivity contribution < 1.29 is 4.74 Å². The second kappa shape index (κ2) is 8.06. The van der Waals surface area contributed by atoms with Gasteiger partial charge in [0.1, 0.15) is 11.5 Å². The molecule has 0 unspecified atom stereocenters. The molecular formula is C19H23BrClN3O. The number of aryl methyl sites for hydroxylation is 1. The average Bonchev–Trinajstić information content (AvgIpc) is 3.01. The lowest BCUT2D eigenvalue weighted by Gasteiger charge is -2.26. The predicted octanol–water partition coefficient (Wildman–Crippen LogP) is 3.24. The highest BCUT2D eigenvalue weighted by atomic mass is 79.9. The SMILES string of the molecule is COc1ccc(Br)cc1CCc1c(Cl)cccc1CC1(N)NCCN1. The lowest BCUT2D eigenvalue weighted by Crippen LogP contribution is -2.59. The monoisotopic (exact) mass is 423 g/mol. The number of benzene rings is 2. The van der Waals surface area contributed by atoms with E-state index in [1.54, 1.807) is 7.11 Å². The molecule has 0 atom stereocenters. The Labute approximate surface area is 162 Å². The largest absolute Gasteiger partial charge is 0.496 e. The van der Waals surface area contributed by atoms with Crippen LogP contribution in [0, 0.1) is 0 Å². The lowest BCUT2D eigenvalue weighted by molar-refractivity contribution is 0.344. The molecule has 1 saturated heterocycles. The molecule has 1 aliphatic heterocycles. The second-order valence-electron chi connectivity index (χ2n) is 6.34. The molecule has 4 N–H and O–H groups in total. The molecule has 6 heteroatoms. The highest BCUT2D eigenvalue weighted by Gasteiger charge is 2.29. The number of rotatable bonds is 6. The van der Waals surface area contributed by atoms with Crippen LogP contribution < -0.4 is 21.1 Å². The third-order valence-corrected chi connectivity index (χ3v) is 5.43. The van der Waals surface area contributed by atoms with E-state index in [4.69, 9.17) is 22.1 Å². The Morgan fingerprint density at radius 1 is 1.16 bits per heavy atom. The Morgan fingerprint density at radius 2 is 1.92 bits per heavy atom. The minimum atomic E-state index is -0.563. The number of ether oxygens (including phenoxy) is 1. The molecular weight excluding hydrogens is 402 g/mol. The molecule has 134 valence electrons.